The molecule has 0 radical (unpaired) electrons. The molecule has 130 valence electrons. The third kappa shape index (κ3) is 4.42. The number of nitrogens with one attached hydrogen (secondary N) is 1. The van der Waals surface area contributed by atoms with Crippen LogP contribution in [0.5, 0.6) is 0 Å². The molecule has 1 aliphatic rings. The van der Waals surface area contributed by atoms with Crippen molar-refractivity contribution >= 4 is 0 Å². The minimum absolute atomic E-state index is 0.158. The van der Waals surface area contributed by atoms with Crippen LogP contribution in [0.25, 0.3) is 0 Å². The highest BCUT2D eigenvalue weighted by molar-refractivity contribution is 5.16. The largest absolute Gasteiger partial charge is 0.310 e. The van der Waals surface area contributed by atoms with Crippen molar-refractivity contribution in [3.8, 4) is 0 Å². The molecule has 1 fully saturated rings. The van der Waals surface area contributed by atoms with E-state index in [4.69, 9.17) is 0 Å². The molecule has 1 saturated heterocycles. The van der Waals surface area contributed by atoms with Crippen molar-refractivity contribution in [2.24, 2.45) is 7.05 Å². The summed E-state index contributed by atoms with van der Waals surface area (Å²) < 4.78 is 14.8. The Labute approximate surface area is 143 Å². The lowest BCUT2D eigenvalue weighted by molar-refractivity contribution is 0.199. The lowest BCUT2D eigenvalue weighted by Gasteiger charge is -2.32. The molecule has 0 bridgehead atoms. The van der Waals surface area contributed by atoms with Gasteiger partial charge < -0.3 is 10.2 Å². The highest BCUT2D eigenvalue weighted by atomic mass is 19.1. The van der Waals surface area contributed by atoms with Crippen LogP contribution in [-0.4, -0.2) is 40.4 Å². The molecule has 1 aliphatic heterocycles. The van der Waals surface area contributed by atoms with Crippen LogP contribution in [0, 0.1) is 12.7 Å². The molecule has 4 nitrogen and oxygen atoms in total. The Morgan fingerprint density at radius 2 is 1.92 bits per heavy atom. The number of halogens is 1. The molecule has 0 atom stereocenters. The van der Waals surface area contributed by atoms with Gasteiger partial charge in [0.25, 0.3) is 0 Å². The fraction of sp³-hybridized carbons (Fsp3) is 0.526. The Hall–Kier alpha value is -1.72. The van der Waals surface area contributed by atoms with Gasteiger partial charge in [-0.2, -0.15) is 5.10 Å². The number of aryl methyl sites for hydroxylation is 1. The fourth-order valence-corrected chi connectivity index (χ4v) is 3.27. The van der Waals surface area contributed by atoms with Gasteiger partial charge in [0.1, 0.15) is 5.82 Å². The predicted molar refractivity (Wildman–Crippen MR) is 94.4 cm³/mol. The number of rotatable bonds is 6. The van der Waals surface area contributed by atoms with E-state index in [0.717, 1.165) is 32.6 Å². The minimum atomic E-state index is -0.158. The summed E-state index contributed by atoms with van der Waals surface area (Å²) in [7, 11) is 1.98. The maximum absolute atomic E-state index is 12.9. The third-order valence-corrected chi connectivity index (χ3v) is 5.14. The van der Waals surface area contributed by atoms with Gasteiger partial charge in [-0.15, -0.1) is 0 Å². The zero-order valence-electron chi connectivity index (χ0n) is 14.6. The number of piperidine rings is 1. The van der Waals surface area contributed by atoms with Crippen LogP contribution in [0.1, 0.15) is 29.7 Å². The molecule has 5 heteroatoms. The van der Waals surface area contributed by atoms with Crippen LogP contribution in [0.3, 0.4) is 0 Å². The van der Waals surface area contributed by atoms with Crippen molar-refractivity contribution in [3.63, 3.8) is 0 Å². The predicted octanol–water partition coefficient (Wildman–Crippen LogP) is 2.66. The Morgan fingerprint density at radius 1 is 1.21 bits per heavy atom. The van der Waals surface area contributed by atoms with Gasteiger partial charge in [-0.1, -0.05) is 12.1 Å². The Kier molecular flexibility index (Phi) is 5.63. The van der Waals surface area contributed by atoms with Crippen LogP contribution in [0.4, 0.5) is 4.39 Å². The van der Waals surface area contributed by atoms with E-state index in [1.54, 1.807) is 12.1 Å². The number of aromatic nitrogens is 2. The second kappa shape index (κ2) is 7.90. The average molecular weight is 330 g/mol. The lowest BCUT2D eigenvalue weighted by atomic mass is 10.0. The summed E-state index contributed by atoms with van der Waals surface area (Å²) in [5, 5.41) is 7.97. The summed E-state index contributed by atoms with van der Waals surface area (Å²) in [5.74, 6) is -0.158. The van der Waals surface area contributed by atoms with Crippen molar-refractivity contribution < 1.29 is 4.39 Å². The normalized spacial score (nSPS) is 16.6. The van der Waals surface area contributed by atoms with Gasteiger partial charge in [0.2, 0.25) is 0 Å². The van der Waals surface area contributed by atoms with Crippen molar-refractivity contribution in [2.75, 3.05) is 19.6 Å². The van der Waals surface area contributed by atoms with Crippen molar-refractivity contribution in [1.82, 2.24) is 20.0 Å². The first-order valence-electron chi connectivity index (χ1n) is 8.79. The monoisotopic (exact) mass is 330 g/mol. The molecule has 0 amide bonds. The van der Waals surface area contributed by atoms with Gasteiger partial charge in [0.15, 0.2) is 0 Å². The standard InChI is InChI=1S/C19H27FN4/c1-15-17(14-22-23(15)2)13-21-19-8-11-24(12-9-19)10-7-16-3-5-18(20)6-4-16/h3-6,14,19,21H,7-13H2,1-2H3. The van der Waals surface area contributed by atoms with Crippen molar-refractivity contribution in [1.29, 1.82) is 0 Å². The van der Waals surface area contributed by atoms with Gasteiger partial charge in [0, 0.05) is 37.4 Å². The zero-order chi connectivity index (χ0) is 16.9. The second-order valence-corrected chi connectivity index (χ2v) is 6.75. The first-order valence-corrected chi connectivity index (χ1v) is 8.79. The highest BCUT2D eigenvalue weighted by Crippen LogP contribution is 2.13. The summed E-state index contributed by atoms with van der Waals surface area (Å²) >= 11 is 0. The molecule has 3 rings (SSSR count). The third-order valence-electron chi connectivity index (χ3n) is 5.14. The van der Waals surface area contributed by atoms with E-state index in [2.05, 4.69) is 22.2 Å². The van der Waals surface area contributed by atoms with Crippen LogP contribution in [0.15, 0.2) is 30.5 Å². The Balaban J connectivity index is 1.38. The van der Waals surface area contributed by atoms with Crippen molar-refractivity contribution in [3.05, 3.63) is 53.1 Å². The molecule has 0 aliphatic carbocycles. The van der Waals surface area contributed by atoms with E-state index < -0.39 is 0 Å². The molecule has 0 unspecified atom stereocenters. The number of hydrogen-bond donors (Lipinski definition) is 1. The zero-order valence-corrected chi connectivity index (χ0v) is 14.6. The van der Waals surface area contributed by atoms with E-state index in [9.17, 15) is 4.39 Å². The molecule has 2 heterocycles. The summed E-state index contributed by atoms with van der Waals surface area (Å²) in [6, 6.07) is 7.46. The number of nitrogens with zero attached hydrogens (tertiary/aromatic N) is 3. The number of benzene rings is 1. The molecule has 0 spiro atoms. The van der Waals surface area contributed by atoms with Gasteiger partial charge in [-0.25, -0.2) is 4.39 Å². The molecule has 24 heavy (non-hydrogen) atoms. The van der Waals surface area contributed by atoms with Gasteiger partial charge in [0.05, 0.1) is 6.20 Å². The average Bonchev–Trinajstić information content (AvgIpc) is 2.92. The maximum atomic E-state index is 12.9. The molecule has 1 aromatic carbocycles. The topological polar surface area (TPSA) is 33.1 Å². The van der Waals surface area contributed by atoms with Gasteiger partial charge in [-0.3, -0.25) is 4.68 Å². The second-order valence-electron chi connectivity index (χ2n) is 6.75. The van der Waals surface area contributed by atoms with Crippen LogP contribution in [-0.2, 0) is 20.0 Å². The number of likely N-dealkylation sites (tertiary alicyclic amines) is 1. The molecule has 0 saturated carbocycles. The molecular weight excluding hydrogens is 303 g/mol. The van der Waals surface area contributed by atoms with Crippen molar-refractivity contribution in [2.45, 2.75) is 38.8 Å². The first kappa shape index (κ1) is 17.1. The summed E-state index contributed by atoms with van der Waals surface area (Å²) in [6.45, 7) is 6.33. The summed E-state index contributed by atoms with van der Waals surface area (Å²) in [6.07, 6.45) is 5.32. The summed E-state index contributed by atoms with van der Waals surface area (Å²) in [5.41, 5.74) is 3.74. The van der Waals surface area contributed by atoms with Gasteiger partial charge in [-0.05, 0) is 57.0 Å². The van der Waals surface area contributed by atoms with Crippen LogP contribution < -0.4 is 5.32 Å². The van der Waals surface area contributed by atoms with E-state index >= 15 is 0 Å². The number of hydrogen-bond acceptors (Lipinski definition) is 3. The van der Waals surface area contributed by atoms with Crippen LogP contribution >= 0.6 is 0 Å². The van der Waals surface area contributed by atoms with Crippen LogP contribution in [0.2, 0.25) is 0 Å². The molecule has 2 aromatic rings. The Morgan fingerprint density at radius 3 is 2.54 bits per heavy atom. The lowest BCUT2D eigenvalue weighted by Crippen LogP contribution is -2.42. The first-order chi connectivity index (χ1) is 11.6. The highest BCUT2D eigenvalue weighted by Gasteiger charge is 2.19. The maximum Gasteiger partial charge on any atom is 0.123 e. The van der Waals surface area contributed by atoms with E-state index in [1.165, 1.54) is 29.7 Å². The minimum Gasteiger partial charge on any atom is -0.310 e. The Bertz CT molecular complexity index is 642. The fourth-order valence-electron chi connectivity index (χ4n) is 3.27. The van der Waals surface area contributed by atoms with Gasteiger partial charge >= 0.3 is 0 Å². The SMILES string of the molecule is Cc1c(CNC2CCN(CCc3ccc(F)cc3)CC2)cnn1C. The van der Waals surface area contributed by atoms with E-state index in [-0.39, 0.29) is 5.82 Å². The van der Waals surface area contributed by atoms with E-state index in [1.807, 2.05) is 30.1 Å². The smallest absolute Gasteiger partial charge is 0.123 e. The molecule has 1 aromatic heterocycles. The molecular formula is C19H27FN4. The molecule has 1 N–H and O–H groups in total. The quantitative estimate of drug-likeness (QED) is 0.884. The van der Waals surface area contributed by atoms with E-state index in [0.29, 0.717) is 6.04 Å². The summed E-state index contributed by atoms with van der Waals surface area (Å²) in [4.78, 5) is 2.51.